The molecule has 0 aliphatic carbocycles. The van der Waals surface area contributed by atoms with E-state index in [-0.39, 0.29) is 0 Å². The monoisotopic (exact) mass is 241 g/mol. The fourth-order valence-electron chi connectivity index (χ4n) is 2.36. The van der Waals surface area contributed by atoms with Gasteiger partial charge in [0.1, 0.15) is 0 Å². The van der Waals surface area contributed by atoms with Crippen molar-refractivity contribution in [1.82, 2.24) is 0 Å². The van der Waals surface area contributed by atoms with Crippen molar-refractivity contribution in [3.05, 3.63) is 42.5 Å². The lowest BCUT2D eigenvalue weighted by atomic mass is 10.1. The van der Waals surface area contributed by atoms with E-state index in [0.29, 0.717) is 0 Å². The molecule has 2 rings (SSSR count). The molecule has 0 atom stereocenters. The molecule has 1 nitrogen and oxygen atoms in total. The highest BCUT2D eigenvalue weighted by Crippen LogP contribution is 2.22. The van der Waals surface area contributed by atoms with Gasteiger partial charge in [0.2, 0.25) is 0 Å². The fourth-order valence-corrected chi connectivity index (χ4v) is 2.36. The first kappa shape index (κ1) is 12.9. The maximum Gasteiger partial charge on any atom is 0.0372 e. The predicted octanol–water partition coefficient (Wildman–Crippen LogP) is 4.86. The molecule has 0 N–H and O–H groups in total. The number of rotatable bonds is 6. The van der Waals surface area contributed by atoms with Gasteiger partial charge in [0, 0.05) is 18.8 Å². The first-order valence-corrected chi connectivity index (χ1v) is 7.09. The van der Waals surface area contributed by atoms with Gasteiger partial charge in [0.05, 0.1) is 0 Å². The molecule has 0 unspecified atom stereocenters. The summed E-state index contributed by atoms with van der Waals surface area (Å²) in [7, 11) is 0. The first-order chi connectivity index (χ1) is 8.85. The van der Waals surface area contributed by atoms with Crippen LogP contribution >= 0.6 is 0 Å². The largest absolute Gasteiger partial charge is 0.372 e. The Bertz CT molecular complexity index is 490. The summed E-state index contributed by atoms with van der Waals surface area (Å²) in [6.45, 7) is 6.82. The molecular weight excluding hydrogens is 218 g/mol. The third-order valence-corrected chi connectivity index (χ3v) is 3.37. The Labute approximate surface area is 110 Å². The number of anilines is 1. The molecule has 0 aliphatic rings. The van der Waals surface area contributed by atoms with Crippen molar-refractivity contribution in [2.24, 2.45) is 0 Å². The molecule has 2 aromatic rings. The molecule has 0 spiro atoms. The van der Waals surface area contributed by atoms with Crippen LogP contribution in [0.15, 0.2) is 42.5 Å². The van der Waals surface area contributed by atoms with Crippen LogP contribution in [-0.2, 0) is 0 Å². The molecule has 96 valence electrons. The number of nitrogens with zero attached hydrogens (tertiary/aromatic N) is 1. The van der Waals surface area contributed by atoms with Crippen molar-refractivity contribution in [2.45, 2.75) is 33.1 Å². The summed E-state index contributed by atoms with van der Waals surface area (Å²) >= 11 is 0. The molecular formula is C17H23N. The van der Waals surface area contributed by atoms with E-state index in [1.165, 1.54) is 42.3 Å². The normalized spacial score (nSPS) is 10.8. The zero-order valence-corrected chi connectivity index (χ0v) is 11.5. The Morgan fingerprint density at radius 2 is 1.61 bits per heavy atom. The van der Waals surface area contributed by atoms with E-state index in [0.717, 1.165) is 6.54 Å². The SMILES string of the molecule is CCCCN(CCC)c1ccc2ccccc2c1. The lowest BCUT2D eigenvalue weighted by molar-refractivity contribution is 0.704. The van der Waals surface area contributed by atoms with Crippen molar-refractivity contribution in [1.29, 1.82) is 0 Å². The van der Waals surface area contributed by atoms with Crippen LogP contribution in [-0.4, -0.2) is 13.1 Å². The zero-order valence-electron chi connectivity index (χ0n) is 11.5. The zero-order chi connectivity index (χ0) is 12.8. The molecule has 0 bridgehead atoms. The van der Waals surface area contributed by atoms with Crippen LogP contribution in [0.2, 0.25) is 0 Å². The van der Waals surface area contributed by atoms with E-state index >= 15 is 0 Å². The number of benzene rings is 2. The molecule has 0 aromatic heterocycles. The summed E-state index contributed by atoms with van der Waals surface area (Å²) in [6.07, 6.45) is 3.73. The highest BCUT2D eigenvalue weighted by Gasteiger charge is 2.05. The highest BCUT2D eigenvalue weighted by molar-refractivity contribution is 5.85. The Morgan fingerprint density at radius 1 is 0.833 bits per heavy atom. The van der Waals surface area contributed by atoms with Crippen molar-refractivity contribution >= 4 is 16.5 Å². The molecule has 0 aliphatic heterocycles. The predicted molar refractivity (Wildman–Crippen MR) is 81.4 cm³/mol. The molecule has 1 heteroatoms. The van der Waals surface area contributed by atoms with E-state index in [4.69, 9.17) is 0 Å². The average molecular weight is 241 g/mol. The van der Waals surface area contributed by atoms with E-state index in [1.54, 1.807) is 0 Å². The number of hydrogen-bond acceptors (Lipinski definition) is 1. The minimum atomic E-state index is 1.15. The van der Waals surface area contributed by atoms with Crippen molar-refractivity contribution in [3.63, 3.8) is 0 Å². The Balaban J connectivity index is 2.25. The van der Waals surface area contributed by atoms with E-state index in [9.17, 15) is 0 Å². The quantitative estimate of drug-likeness (QED) is 0.698. The summed E-state index contributed by atoms with van der Waals surface area (Å²) in [5.74, 6) is 0. The van der Waals surface area contributed by atoms with Gasteiger partial charge in [-0.1, -0.05) is 50.6 Å². The van der Waals surface area contributed by atoms with E-state index in [1.807, 2.05) is 0 Å². The summed E-state index contributed by atoms with van der Waals surface area (Å²) in [5, 5.41) is 2.67. The van der Waals surface area contributed by atoms with Crippen molar-refractivity contribution < 1.29 is 0 Å². The Hall–Kier alpha value is -1.50. The van der Waals surface area contributed by atoms with Gasteiger partial charge in [0.25, 0.3) is 0 Å². The second-order valence-corrected chi connectivity index (χ2v) is 4.87. The standard InChI is InChI=1S/C17H23N/c1-3-5-13-18(12-4-2)17-11-10-15-8-6-7-9-16(15)14-17/h6-11,14H,3-5,12-13H2,1-2H3. The molecule has 0 saturated carbocycles. The number of hydrogen-bond donors (Lipinski definition) is 0. The minimum Gasteiger partial charge on any atom is -0.372 e. The molecule has 0 saturated heterocycles. The van der Waals surface area contributed by atoms with Crippen LogP contribution in [0, 0.1) is 0 Å². The summed E-state index contributed by atoms with van der Waals surface area (Å²) in [4.78, 5) is 2.51. The van der Waals surface area contributed by atoms with Gasteiger partial charge in [0.15, 0.2) is 0 Å². The number of fused-ring (bicyclic) bond motifs is 1. The molecule has 0 amide bonds. The van der Waals surface area contributed by atoms with Gasteiger partial charge in [-0.15, -0.1) is 0 Å². The fraction of sp³-hybridized carbons (Fsp3) is 0.412. The first-order valence-electron chi connectivity index (χ1n) is 7.09. The van der Waals surface area contributed by atoms with Crippen LogP contribution < -0.4 is 4.90 Å². The summed E-state index contributed by atoms with van der Waals surface area (Å²) < 4.78 is 0. The van der Waals surface area contributed by atoms with E-state index in [2.05, 4.69) is 61.2 Å². The van der Waals surface area contributed by atoms with Gasteiger partial charge in [-0.05, 0) is 35.7 Å². The number of unbranched alkanes of at least 4 members (excludes halogenated alkanes) is 1. The van der Waals surface area contributed by atoms with Gasteiger partial charge >= 0.3 is 0 Å². The van der Waals surface area contributed by atoms with Gasteiger partial charge in [-0.25, -0.2) is 0 Å². The third-order valence-electron chi connectivity index (χ3n) is 3.37. The van der Waals surface area contributed by atoms with Crippen LogP contribution in [0.25, 0.3) is 10.8 Å². The van der Waals surface area contributed by atoms with Crippen LogP contribution in [0.1, 0.15) is 33.1 Å². The average Bonchev–Trinajstić information content (AvgIpc) is 2.43. The van der Waals surface area contributed by atoms with Crippen LogP contribution in [0.3, 0.4) is 0 Å². The van der Waals surface area contributed by atoms with E-state index < -0.39 is 0 Å². The molecule has 0 radical (unpaired) electrons. The van der Waals surface area contributed by atoms with Crippen LogP contribution in [0.5, 0.6) is 0 Å². The van der Waals surface area contributed by atoms with Crippen LogP contribution in [0.4, 0.5) is 5.69 Å². The van der Waals surface area contributed by atoms with Gasteiger partial charge in [-0.2, -0.15) is 0 Å². The Kier molecular flexibility index (Phi) is 4.63. The van der Waals surface area contributed by atoms with Crippen molar-refractivity contribution in [3.8, 4) is 0 Å². The molecule has 0 heterocycles. The third kappa shape index (κ3) is 3.04. The maximum atomic E-state index is 2.51. The van der Waals surface area contributed by atoms with Crippen molar-refractivity contribution in [2.75, 3.05) is 18.0 Å². The minimum absolute atomic E-state index is 1.15. The Morgan fingerprint density at radius 3 is 2.33 bits per heavy atom. The van der Waals surface area contributed by atoms with Gasteiger partial charge < -0.3 is 4.90 Å². The topological polar surface area (TPSA) is 3.24 Å². The second-order valence-electron chi connectivity index (χ2n) is 4.87. The summed E-state index contributed by atoms with van der Waals surface area (Å²) in [5.41, 5.74) is 1.36. The maximum absolute atomic E-state index is 2.51. The lowest BCUT2D eigenvalue weighted by Gasteiger charge is -2.24. The van der Waals surface area contributed by atoms with Gasteiger partial charge in [-0.3, -0.25) is 0 Å². The smallest absolute Gasteiger partial charge is 0.0372 e. The second kappa shape index (κ2) is 6.44. The lowest BCUT2D eigenvalue weighted by Crippen LogP contribution is -2.25. The molecule has 0 fully saturated rings. The highest BCUT2D eigenvalue weighted by atomic mass is 15.1. The summed E-state index contributed by atoms with van der Waals surface area (Å²) in [6, 6.07) is 15.4. The molecule has 18 heavy (non-hydrogen) atoms. The molecule has 2 aromatic carbocycles.